The van der Waals surface area contributed by atoms with Crippen molar-refractivity contribution < 1.29 is 4.79 Å². The Kier molecular flexibility index (Phi) is 5.53. The van der Waals surface area contributed by atoms with Gasteiger partial charge in [-0.25, -0.2) is 4.98 Å². The van der Waals surface area contributed by atoms with Gasteiger partial charge < -0.3 is 10.2 Å². The Hall–Kier alpha value is -2.01. The van der Waals surface area contributed by atoms with Gasteiger partial charge >= 0.3 is 0 Å². The minimum Gasteiger partial charge on any atom is -0.356 e. The zero-order valence-corrected chi connectivity index (χ0v) is 13.9. The molecule has 120 valence electrons. The maximum atomic E-state index is 12.4. The van der Waals surface area contributed by atoms with Crippen molar-refractivity contribution in [3.63, 3.8) is 0 Å². The number of hydrogen-bond donors (Lipinski definition) is 1. The van der Waals surface area contributed by atoms with Crippen LogP contribution in [-0.4, -0.2) is 36.3 Å². The molecule has 1 aromatic carbocycles. The number of rotatable bonds is 6. The third kappa shape index (κ3) is 4.26. The molecule has 1 fully saturated rings. The number of amides is 1. The van der Waals surface area contributed by atoms with Crippen molar-refractivity contribution in [1.29, 1.82) is 0 Å². The van der Waals surface area contributed by atoms with Gasteiger partial charge in [-0.1, -0.05) is 18.2 Å². The first kappa shape index (κ1) is 15.9. The number of pyridine rings is 1. The number of anilines is 1. The molecule has 0 unspecified atom stereocenters. The molecular weight excluding hydrogens is 306 g/mol. The van der Waals surface area contributed by atoms with Crippen LogP contribution in [-0.2, 0) is 0 Å². The molecule has 1 aliphatic rings. The maximum Gasteiger partial charge on any atom is 0.255 e. The molecule has 3 rings (SSSR count). The Balaban J connectivity index is 1.54. The third-order valence-electron chi connectivity index (χ3n) is 3.84. The number of carbonyl (C=O) groups excluding carboxylic acids is 1. The minimum absolute atomic E-state index is 0.0336. The molecule has 1 amide bonds. The molecule has 23 heavy (non-hydrogen) atoms. The van der Waals surface area contributed by atoms with Crippen LogP contribution in [0.3, 0.4) is 0 Å². The van der Waals surface area contributed by atoms with Gasteiger partial charge in [0.1, 0.15) is 5.82 Å². The zero-order chi connectivity index (χ0) is 15.9. The summed E-state index contributed by atoms with van der Waals surface area (Å²) in [6.07, 6.45) is 4.10. The smallest absolute Gasteiger partial charge is 0.255 e. The van der Waals surface area contributed by atoms with E-state index in [1.807, 2.05) is 30.3 Å². The second kappa shape index (κ2) is 8.02. The maximum absolute atomic E-state index is 12.4. The lowest BCUT2D eigenvalue weighted by molar-refractivity contribution is 0.0956. The van der Waals surface area contributed by atoms with Gasteiger partial charge in [0.2, 0.25) is 0 Å². The topological polar surface area (TPSA) is 45.2 Å². The van der Waals surface area contributed by atoms with Crippen molar-refractivity contribution in [2.24, 2.45) is 0 Å². The summed E-state index contributed by atoms with van der Waals surface area (Å²) in [4.78, 5) is 20.3. The lowest BCUT2D eigenvalue weighted by Crippen LogP contribution is -2.29. The van der Waals surface area contributed by atoms with E-state index in [-0.39, 0.29) is 5.91 Å². The first-order valence-electron chi connectivity index (χ1n) is 8.00. The molecule has 2 heterocycles. The van der Waals surface area contributed by atoms with Crippen LogP contribution in [0.25, 0.3) is 0 Å². The fraction of sp³-hybridized carbons (Fsp3) is 0.333. The number of benzene rings is 1. The molecule has 0 bridgehead atoms. The average Bonchev–Trinajstić information content (AvgIpc) is 3.14. The van der Waals surface area contributed by atoms with Crippen LogP contribution >= 0.6 is 11.8 Å². The van der Waals surface area contributed by atoms with E-state index in [9.17, 15) is 4.79 Å². The predicted molar refractivity (Wildman–Crippen MR) is 95.2 cm³/mol. The van der Waals surface area contributed by atoms with Crippen molar-refractivity contribution in [2.75, 3.05) is 30.3 Å². The predicted octanol–water partition coefficient (Wildman–Crippen LogP) is 3.20. The molecule has 1 aliphatic heterocycles. The SMILES string of the molecule is O=C(NCCSc1ccccc1)c1cccnc1N1CCCC1. The van der Waals surface area contributed by atoms with Crippen molar-refractivity contribution in [1.82, 2.24) is 10.3 Å². The first-order chi connectivity index (χ1) is 11.3. The number of carbonyl (C=O) groups is 1. The Morgan fingerprint density at radius 1 is 1.13 bits per heavy atom. The van der Waals surface area contributed by atoms with Crippen molar-refractivity contribution >= 4 is 23.5 Å². The van der Waals surface area contributed by atoms with E-state index in [0.29, 0.717) is 12.1 Å². The van der Waals surface area contributed by atoms with Crippen molar-refractivity contribution in [3.8, 4) is 0 Å². The van der Waals surface area contributed by atoms with Gasteiger partial charge in [-0.05, 0) is 37.1 Å². The van der Waals surface area contributed by atoms with Crippen molar-refractivity contribution in [3.05, 3.63) is 54.2 Å². The van der Waals surface area contributed by atoms with Gasteiger partial charge in [-0.2, -0.15) is 0 Å². The molecule has 4 nitrogen and oxygen atoms in total. The molecular formula is C18H21N3OS. The summed E-state index contributed by atoms with van der Waals surface area (Å²) in [5.74, 6) is 1.64. The second-order valence-corrected chi connectivity index (χ2v) is 6.65. The highest BCUT2D eigenvalue weighted by molar-refractivity contribution is 7.99. The molecule has 5 heteroatoms. The number of hydrogen-bond acceptors (Lipinski definition) is 4. The van der Waals surface area contributed by atoms with Gasteiger partial charge in [0.15, 0.2) is 0 Å². The molecule has 0 saturated carbocycles. The monoisotopic (exact) mass is 327 g/mol. The number of thioether (sulfide) groups is 1. The van der Waals surface area contributed by atoms with Crippen LogP contribution in [0, 0.1) is 0 Å². The van der Waals surface area contributed by atoms with Crippen molar-refractivity contribution in [2.45, 2.75) is 17.7 Å². The standard InChI is InChI=1S/C18H21N3OS/c22-18(20-11-14-23-15-7-2-1-3-8-15)16-9-6-10-19-17(16)21-12-4-5-13-21/h1-3,6-10H,4-5,11-14H2,(H,20,22). The Bertz CT molecular complexity index is 642. The Morgan fingerprint density at radius 3 is 2.70 bits per heavy atom. The molecule has 0 spiro atoms. The number of nitrogens with one attached hydrogen (secondary N) is 1. The lowest BCUT2D eigenvalue weighted by Gasteiger charge is -2.19. The Morgan fingerprint density at radius 2 is 1.91 bits per heavy atom. The van der Waals surface area contributed by atoms with Gasteiger partial charge in [0, 0.05) is 36.5 Å². The third-order valence-corrected chi connectivity index (χ3v) is 4.85. The highest BCUT2D eigenvalue weighted by Crippen LogP contribution is 2.22. The lowest BCUT2D eigenvalue weighted by atomic mass is 10.2. The summed E-state index contributed by atoms with van der Waals surface area (Å²) in [7, 11) is 0. The van der Waals surface area contributed by atoms with E-state index in [1.54, 1.807) is 18.0 Å². The molecule has 0 radical (unpaired) electrons. The summed E-state index contributed by atoms with van der Waals surface area (Å²) in [6.45, 7) is 2.62. The largest absolute Gasteiger partial charge is 0.356 e. The Labute approximate surface area is 141 Å². The zero-order valence-electron chi connectivity index (χ0n) is 13.1. The normalized spacial score (nSPS) is 14.0. The van der Waals surface area contributed by atoms with Gasteiger partial charge in [0.25, 0.3) is 5.91 Å². The minimum atomic E-state index is -0.0336. The summed E-state index contributed by atoms with van der Waals surface area (Å²) in [5, 5.41) is 3.01. The van der Waals surface area contributed by atoms with Crippen LogP contribution in [0.15, 0.2) is 53.6 Å². The van der Waals surface area contributed by atoms with Gasteiger partial charge in [-0.3, -0.25) is 4.79 Å². The van der Waals surface area contributed by atoms with Crippen LogP contribution in [0.2, 0.25) is 0 Å². The highest BCUT2D eigenvalue weighted by atomic mass is 32.2. The quantitative estimate of drug-likeness (QED) is 0.654. The molecule has 2 aromatic rings. The fourth-order valence-corrected chi connectivity index (χ4v) is 3.49. The van der Waals surface area contributed by atoms with Gasteiger partial charge in [-0.15, -0.1) is 11.8 Å². The highest BCUT2D eigenvalue weighted by Gasteiger charge is 2.20. The second-order valence-electron chi connectivity index (χ2n) is 5.49. The first-order valence-corrected chi connectivity index (χ1v) is 8.99. The van der Waals surface area contributed by atoms with E-state index in [4.69, 9.17) is 0 Å². The van der Waals surface area contributed by atoms with E-state index in [0.717, 1.165) is 24.7 Å². The molecule has 1 N–H and O–H groups in total. The molecule has 1 aromatic heterocycles. The van der Waals surface area contributed by atoms with Crippen LogP contribution in [0.4, 0.5) is 5.82 Å². The summed E-state index contributed by atoms with van der Waals surface area (Å²) in [5.41, 5.74) is 0.680. The molecule has 0 aliphatic carbocycles. The summed E-state index contributed by atoms with van der Waals surface area (Å²) >= 11 is 1.75. The fourth-order valence-electron chi connectivity index (χ4n) is 2.70. The summed E-state index contributed by atoms with van der Waals surface area (Å²) in [6, 6.07) is 13.9. The molecule has 1 saturated heterocycles. The van der Waals surface area contributed by atoms with Crippen LogP contribution in [0.1, 0.15) is 23.2 Å². The van der Waals surface area contributed by atoms with E-state index < -0.39 is 0 Å². The molecule has 0 atom stereocenters. The number of aromatic nitrogens is 1. The summed E-state index contributed by atoms with van der Waals surface area (Å²) < 4.78 is 0. The van der Waals surface area contributed by atoms with E-state index in [2.05, 4.69) is 27.3 Å². The average molecular weight is 327 g/mol. The number of nitrogens with zero attached hydrogens (tertiary/aromatic N) is 2. The van der Waals surface area contributed by atoms with Crippen LogP contribution < -0.4 is 10.2 Å². The van der Waals surface area contributed by atoms with E-state index in [1.165, 1.54) is 17.7 Å². The van der Waals surface area contributed by atoms with E-state index >= 15 is 0 Å². The van der Waals surface area contributed by atoms with Crippen LogP contribution in [0.5, 0.6) is 0 Å². The van der Waals surface area contributed by atoms with Gasteiger partial charge in [0.05, 0.1) is 5.56 Å².